The molecule has 0 saturated carbocycles. The first kappa shape index (κ1) is 17.3. The van der Waals surface area contributed by atoms with Gasteiger partial charge in [-0.15, -0.1) is 0 Å². The first-order chi connectivity index (χ1) is 13.5. The molecule has 0 spiro atoms. The Morgan fingerprint density at radius 1 is 1.25 bits per heavy atom. The maximum atomic E-state index is 12.7. The van der Waals surface area contributed by atoms with Crippen LogP contribution in [0, 0.1) is 10.1 Å². The Hall–Kier alpha value is -4.08. The lowest BCUT2D eigenvalue weighted by Gasteiger charge is -2.16. The molecule has 1 amide bonds. The minimum atomic E-state index is -0.626. The molecule has 0 unspecified atom stereocenters. The topological polar surface area (TPSA) is 124 Å². The summed E-state index contributed by atoms with van der Waals surface area (Å²) in [4.78, 5) is 44.5. The van der Waals surface area contributed by atoms with Crippen LogP contribution in [0.5, 0.6) is 0 Å². The Labute approximate surface area is 156 Å². The summed E-state index contributed by atoms with van der Waals surface area (Å²) in [6, 6.07) is 9.76. The van der Waals surface area contributed by atoms with Crippen molar-refractivity contribution < 1.29 is 14.1 Å². The van der Waals surface area contributed by atoms with Gasteiger partial charge in [-0.25, -0.2) is 4.98 Å². The molecule has 4 rings (SSSR count). The van der Waals surface area contributed by atoms with Gasteiger partial charge < -0.3 is 19.4 Å². The number of para-hydroxylation sites is 1. The average molecular weight is 379 g/mol. The van der Waals surface area contributed by atoms with Gasteiger partial charge in [0.25, 0.3) is 5.56 Å². The summed E-state index contributed by atoms with van der Waals surface area (Å²) in [5, 5.41) is 11.4. The minimum Gasteiger partial charge on any atom is -0.448 e. The number of furan rings is 1. The summed E-state index contributed by atoms with van der Waals surface area (Å²) in [6.07, 6.45) is 2.52. The smallest absolute Gasteiger partial charge is 0.363 e. The van der Waals surface area contributed by atoms with Crippen LogP contribution in [-0.2, 0) is 11.3 Å². The van der Waals surface area contributed by atoms with Gasteiger partial charge in [0.1, 0.15) is 17.6 Å². The molecule has 0 saturated heterocycles. The summed E-state index contributed by atoms with van der Waals surface area (Å²) < 4.78 is 6.75. The third-order valence-corrected chi connectivity index (χ3v) is 4.34. The van der Waals surface area contributed by atoms with Crippen LogP contribution < -0.4 is 10.5 Å². The number of nitrogens with zero attached hydrogens (tertiary/aromatic N) is 5. The SMILES string of the molecule is CN(C(=O)Cn1cnc2c(oc3ccccc32)c1=O)c1ccc([N+](=O)[O-])nc1. The molecule has 0 radical (unpaired) electrons. The highest BCUT2D eigenvalue weighted by molar-refractivity contribution is 6.01. The molecule has 0 aliphatic rings. The second-order valence-electron chi connectivity index (χ2n) is 6.04. The Balaban J connectivity index is 1.62. The number of nitro groups is 1. The molecule has 140 valence electrons. The van der Waals surface area contributed by atoms with Gasteiger partial charge in [-0.1, -0.05) is 12.1 Å². The number of carbonyl (C=O) groups excluding carboxylic acids is 1. The molecule has 0 bridgehead atoms. The van der Waals surface area contributed by atoms with Crippen molar-refractivity contribution in [2.75, 3.05) is 11.9 Å². The molecule has 0 atom stereocenters. The van der Waals surface area contributed by atoms with E-state index in [1.54, 1.807) is 18.2 Å². The van der Waals surface area contributed by atoms with Crippen molar-refractivity contribution >= 4 is 39.5 Å². The molecule has 4 aromatic rings. The van der Waals surface area contributed by atoms with E-state index in [0.29, 0.717) is 16.8 Å². The zero-order valence-corrected chi connectivity index (χ0v) is 14.6. The maximum Gasteiger partial charge on any atom is 0.363 e. The average Bonchev–Trinajstić information content (AvgIpc) is 3.09. The van der Waals surface area contributed by atoms with Crippen molar-refractivity contribution in [3.63, 3.8) is 0 Å². The highest BCUT2D eigenvalue weighted by Gasteiger charge is 2.18. The van der Waals surface area contributed by atoms with Crippen molar-refractivity contribution in [1.82, 2.24) is 14.5 Å². The number of fused-ring (bicyclic) bond motifs is 3. The first-order valence-electron chi connectivity index (χ1n) is 8.19. The summed E-state index contributed by atoms with van der Waals surface area (Å²) in [6.45, 7) is -0.272. The number of benzene rings is 1. The molecule has 0 fully saturated rings. The van der Waals surface area contributed by atoms with Crippen LogP contribution in [0.1, 0.15) is 0 Å². The van der Waals surface area contributed by atoms with E-state index in [4.69, 9.17) is 4.42 Å². The minimum absolute atomic E-state index is 0.0798. The third kappa shape index (κ3) is 2.86. The van der Waals surface area contributed by atoms with Crippen LogP contribution in [0.3, 0.4) is 0 Å². The van der Waals surface area contributed by atoms with Crippen molar-refractivity contribution in [1.29, 1.82) is 0 Å². The second kappa shape index (κ2) is 6.58. The molecule has 3 heterocycles. The number of rotatable bonds is 4. The van der Waals surface area contributed by atoms with Crippen molar-refractivity contribution in [3.8, 4) is 0 Å². The van der Waals surface area contributed by atoms with Gasteiger partial charge in [0.15, 0.2) is 6.20 Å². The van der Waals surface area contributed by atoms with Crippen molar-refractivity contribution in [2.24, 2.45) is 0 Å². The lowest BCUT2D eigenvalue weighted by molar-refractivity contribution is -0.389. The Bertz CT molecular complexity index is 1280. The van der Waals surface area contributed by atoms with E-state index >= 15 is 0 Å². The summed E-state index contributed by atoms with van der Waals surface area (Å²) in [5.74, 6) is -0.740. The number of anilines is 1. The van der Waals surface area contributed by atoms with Crippen LogP contribution >= 0.6 is 0 Å². The van der Waals surface area contributed by atoms with E-state index in [-0.39, 0.29) is 17.9 Å². The zero-order chi connectivity index (χ0) is 19.8. The van der Waals surface area contributed by atoms with E-state index in [1.807, 2.05) is 6.07 Å². The number of carbonyl (C=O) groups is 1. The fourth-order valence-electron chi connectivity index (χ4n) is 2.81. The molecule has 3 aromatic heterocycles. The summed E-state index contributed by atoms with van der Waals surface area (Å²) in [5.41, 5.74) is 0.958. The third-order valence-electron chi connectivity index (χ3n) is 4.34. The normalized spacial score (nSPS) is 11.0. The fraction of sp³-hybridized carbons (Fsp3) is 0.111. The fourth-order valence-corrected chi connectivity index (χ4v) is 2.81. The molecule has 10 nitrogen and oxygen atoms in total. The zero-order valence-electron chi connectivity index (χ0n) is 14.6. The highest BCUT2D eigenvalue weighted by atomic mass is 16.6. The lowest BCUT2D eigenvalue weighted by Crippen LogP contribution is -2.34. The highest BCUT2D eigenvalue weighted by Crippen LogP contribution is 2.24. The Morgan fingerprint density at radius 2 is 2.04 bits per heavy atom. The number of amides is 1. The number of aromatic nitrogens is 3. The van der Waals surface area contributed by atoms with Gasteiger partial charge in [-0.3, -0.25) is 14.2 Å². The van der Waals surface area contributed by atoms with Crippen LogP contribution in [0.4, 0.5) is 11.5 Å². The number of hydrogen-bond acceptors (Lipinski definition) is 7. The first-order valence-corrected chi connectivity index (χ1v) is 8.19. The molecule has 0 aliphatic heterocycles. The largest absolute Gasteiger partial charge is 0.448 e. The van der Waals surface area contributed by atoms with Gasteiger partial charge in [-0.05, 0) is 28.1 Å². The van der Waals surface area contributed by atoms with Gasteiger partial charge in [0.05, 0.1) is 12.0 Å². The second-order valence-corrected chi connectivity index (χ2v) is 6.04. The predicted octanol–water partition coefficient (Wildman–Crippen LogP) is 2.11. The van der Waals surface area contributed by atoms with Gasteiger partial charge in [0, 0.05) is 18.5 Å². The van der Waals surface area contributed by atoms with Gasteiger partial charge in [-0.2, -0.15) is 0 Å². The van der Waals surface area contributed by atoms with E-state index in [2.05, 4.69) is 9.97 Å². The monoisotopic (exact) mass is 379 g/mol. The molecule has 0 N–H and O–H groups in total. The van der Waals surface area contributed by atoms with E-state index in [9.17, 15) is 19.7 Å². The molecular weight excluding hydrogens is 366 g/mol. The van der Waals surface area contributed by atoms with Crippen molar-refractivity contribution in [2.45, 2.75) is 6.54 Å². The summed E-state index contributed by atoms with van der Waals surface area (Å²) in [7, 11) is 1.49. The van der Waals surface area contributed by atoms with E-state index < -0.39 is 16.4 Å². The number of likely N-dealkylation sites (N-methyl/N-ethyl adjacent to an activating group) is 1. The van der Waals surface area contributed by atoms with Gasteiger partial charge in [0.2, 0.25) is 11.5 Å². The lowest BCUT2D eigenvalue weighted by atomic mass is 10.2. The summed E-state index contributed by atoms with van der Waals surface area (Å²) >= 11 is 0. The van der Waals surface area contributed by atoms with Crippen LogP contribution in [0.2, 0.25) is 0 Å². The van der Waals surface area contributed by atoms with E-state index in [0.717, 1.165) is 9.95 Å². The predicted molar refractivity (Wildman–Crippen MR) is 100 cm³/mol. The molecule has 1 aromatic carbocycles. The standard InChI is InChI=1S/C18H13N5O5/c1-21(11-6-7-14(19-8-11)23(26)27)15(24)9-22-10-20-16-12-4-2-3-5-13(12)28-17(16)18(22)25/h2-8,10H,9H2,1H3. The Kier molecular flexibility index (Phi) is 4.07. The molecule has 10 heteroatoms. The Morgan fingerprint density at radius 3 is 2.75 bits per heavy atom. The number of pyridine rings is 1. The molecular formula is C18H13N5O5. The van der Waals surface area contributed by atoms with Crippen LogP contribution in [0.25, 0.3) is 22.1 Å². The van der Waals surface area contributed by atoms with Crippen molar-refractivity contribution in [3.05, 3.63) is 69.4 Å². The quantitative estimate of drug-likeness (QED) is 0.393. The number of hydrogen-bond donors (Lipinski definition) is 0. The molecule has 28 heavy (non-hydrogen) atoms. The van der Waals surface area contributed by atoms with Crippen LogP contribution in [0.15, 0.2) is 58.1 Å². The van der Waals surface area contributed by atoms with Gasteiger partial charge >= 0.3 is 5.82 Å². The van der Waals surface area contributed by atoms with Crippen LogP contribution in [-0.4, -0.2) is 32.4 Å². The molecule has 0 aliphatic carbocycles. The maximum absolute atomic E-state index is 12.7. The van der Waals surface area contributed by atoms with E-state index in [1.165, 1.54) is 36.6 Å².